The van der Waals surface area contributed by atoms with Gasteiger partial charge in [0, 0.05) is 11.4 Å². The molecule has 6 heteroatoms. The van der Waals surface area contributed by atoms with Crippen LogP contribution in [-0.4, -0.2) is 19.1 Å². The minimum Gasteiger partial charge on any atom is -0.287 e. The molecule has 4 aromatic carbocycles. The van der Waals surface area contributed by atoms with E-state index in [0.29, 0.717) is 0 Å². The van der Waals surface area contributed by atoms with Crippen molar-refractivity contribution in [3.05, 3.63) is 109 Å². The Kier molecular flexibility index (Phi) is 4.94. The molecule has 154 valence electrons. The minimum atomic E-state index is 0.925. The van der Waals surface area contributed by atoms with Crippen LogP contribution >= 0.6 is 21.6 Å². The van der Waals surface area contributed by atoms with Crippen molar-refractivity contribution in [3.8, 4) is 11.4 Å². The lowest BCUT2D eigenvalue weighted by atomic mass is 10.3. The molecule has 0 aliphatic heterocycles. The number of hydrogen-bond donors (Lipinski definition) is 0. The van der Waals surface area contributed by atoms with Gasteiger partial charge in [-0.15, -0.1) is 0 Å². The van der Waals surface area contributed by atoms with Gasteiger partial charge in [0.25, 0.3) is 0 Å². The number of rotatable bonds is 5. The summed E-state index contributed by atoms with van der Waals surface area (Å²) in [6.45, 7) is 0. The molecule has 4 nitrogen and oxygen atoms in total. The first kappa shape index (κ1) is 19.2. The third kappa shape index (κ3) is 3.38. The van der Waals surface area contributed by atoms with E-state index in [9.17, 15) is 0 Å². The predicted octanol–water partition coefficient (Wildman–Crippen LogP) is 7.16. The van der Waals surface area contributed by atoms with Gasteiger partial charge in [0.2, 0.25) is 0 Å². The SMILES string of the molecule is c1ccc(-n2c(SSc3nc4ccccc4n3-c3ccccc3)nc3ccccc32)cc1. The van der Waals surface area contributed by atoms with E-state index in [1.807, 2.05) is 24.3 Å². The van der Waals surface area contributed by atoms with E-state index in [2.05, 4.69) is 94.1 Å². The molecule has 0 bridgehead atoms. The van der Waals surface area contributed by atoms with Crippen molar-refractivity contribution in [2.75, 3.05) is 0 Å². The van der Waals surface area contributed by atoms with Crippen molar-refractivity contribution in [3.63, 3.8) is 0 Å². The fraction of sp³-hybridized carbons (Fsp3) is 0. The topological polar surface area (TPSA) is 35.6 Å². The summed E-state index contributed by atoms with van der Waals surface area (Å²) in [6.07, 6.45) is 0. The zero-order valence-electron chi connectivity index (χ0n) is 17.0. The van der Waals surface area contributed by atoms with E-state index in [-0.39, 0.29) is 0 Å². The molecule has 32 heavy (non-hydrogen) atoms. The Morgan fingerprint density at radius 3 is 1.25 bits per heavy atom. The highest BCUT2D eigenvalue weighted by Crippen LogP contribution is 2.41. The minimum absolute atomic E-state index is 0.925. The smallest absolute Gasteiger partial charge is 0.184 e. The van der Waals surface area contributed by atoms with Gasteiger partial charge in [-0.25, -0.2) is 9.97 Å². The van der Waals surface area contributed by atoms with Gasteiger partial charge in [-0.3, -0.25) is 9.13 Å². The zero-order chi connectivity index (χ0) is 21.3. The highest BCUT2D eigenvalue weighted by Gasteiger charge is 2.17. The van der Waals surface area contributed by atoms with Crippen molar-refractivity contribution in [2.24, 2.45) is 0 Å². The molecular weight excluding hydrogens is 432 g/mol. The van der Waals surface area contributed by atoms with Crippen LogP contribution in [0.2, 0.25) is 0 Å². The van der Waals surface area contributed by atoms with E-state index in [4.69, 9.17) is 9.97 Å². The molecule has 0 unspecified atom stereocenters. The lowest BCUT2D eigenvalue weighted by Crippen LogP contribution is -1.97. The molecule has 2 heterocycles. The Bertz CT molecular complexity index is 1400. The van der Waals surface area contributed by atoms with Crippen molar-refractivity contribution in [1.29, 1.82) is 0 Å². The van der Waals surface area contributed by atoms with Gasteiger partial charge >= 0.3 is 0 Å². The average molecular weight is 451 g/mol. The van der Waals surface area contributed by atoms with Gasteiger partial charge < -0.3 is 0 Å². The summed E-state index contributed by atoms with van der Waals surface area (Å²) in [5.74, 6) is 0. The summed E-state index contributed by atoms with van der Waals surface area (Å²) >= 11 is 0. The molecule has 0 spiro atoms. The first-order chi connectivity index (χ1) is 15.9. The standard InChI is InChI=1S/C26H18N4S2/c1-3-11-19(12-4-1)29-23-17-9-7-15-21(23)27-25(29)31-32-26-28-22-16-8-10-18-24(22)30(26)20-13-5-2-6-14-20/h1-18H. The maximum atomic E-state index is 4.93. The molecule has 0 fully saturated rings. The third-order valence-electron chi connectivity index (χ3n) is 5.28. The maximum absolute atomic E-state index is 4.93. The lowest BCUT2D eigenvalue weighted by Gasteiger charge is -2.10. The molecule has 0 saturated heterocycles. The van der Waals surface area contributed by atoms with Crippen LogP contribution in [0, 0.1) is 0 Å². The highest BCUT2D eigenvalue weighted by molar-refractivity contribution is 8.76. The second kappa shape index (κ2) is 8.22. The molecule has 6 aromatic rings. The summed E-state index contributed by atoms with van der Waals surface area (Å²) in [4.78, 5) is 9.86. The molecule has 0 radical (unpaired) electrons. The van der Waals surface area contributed by atoms with Gasteiger partial charge in [0.15, 0.2) is 10.3 Å². The quantitative estimate of drug-likeness (QED) is 0.261. The Hall–Kier alpha value is -3.48. The number of imidazole rings is 2. The van der Waals surface area contributed by atoms with E-state index >= 15 is 0 Å². The Balaban J connectivity index is 1.45. The highest BCUT2D eigenvalue weighted by atomic mass is 33.1. The van der Waals surface area contributed by atoms with E-state index < -0.39 is 0 Å². The maximum Gasteiger partial charge on any atom is 0.184 e. The Labute approximate surface area is 193 Å². The zero-order valence-corrected chi connectivity index (χ0v) is 18.6. The van der Waals surface area contributed by atoms with Crippen molar-refractivity contribution >= 4 is 43.7 Å². The molecule has 0 saturated carbocycles. The number of hydrogen-bond acceptors (Lipinski definition) is 4. The molecular formula is C26H18N4S2. The summed E-state index contributed by atoms with van der Waals surface area (Å²) in [7, 11) is 3.26. The molecule has 0 aliphatic carbocycles. The van der Waals surface area contributed by atoms with Crippen LogP contribution in [0.4, 0.5) is 0 Å². The number of nitrogens with zero attached hydrogens (tertiary/aromatic N) is 4. The third-order valence-corrected chi connectivity index (χ3v) is 7.35. The van der Waals surface area contributed by atoms with E-state index in [0.717, 1.165) is 43.8 Å². The summed E-state index contributed by atoms with van der Waals surface area (Å²) in [5, 5.41) is 1.85. The number of benzene rings is 4. The number of aromatic nitrogens is 4. The van der Waals surface area contributed by atoms with Crippen molar-refractivity contribution in [1.82, 2.24) is 19.1 Å². The Morgan fingerprint density at radius 1 is 0.438 bits per heavy atom. The number of fused-ring (bicyclic) bond motifs is 2. The van der Waals surface area contributed by atoms with Gasteiger partial charge in [-0.2, -0.15) is 0 Å². The lowest BCUT2D eigenvalue weighted by molar-refractivity contribution is 0.918. The Morgan fingerprint density at radius 2 is 0.812 bits per heavy atom. The second-order valence-corrected chi connectivity index (χ2v) is 9.34. The van der Waals surface area contributed by atoms with Gasteiger partial charge in [0.1, 0.15) is 0 Å². The first-order valence-corrected chi connectivity index (χ1v) is 12.4. The van der Waals surface area contributed by atoms with Crippen LogP contribution in [0.15, 0.2) is 120 Å². The van der Waals surface area contributed by atoms with Crippen LogP contribution in [0.1, 0.15) is 0 Å². The molecule has 0 aliphatic rings. The largest absolute Gasteiger partial charge is 0.287 e. The van der Waals surface area contributed by atoms with Crippen molar-refractivity contribution < 1.29 is 0 Å². The summed E-state index contributed by atoms with van der Waals surface area (Å²) in [5.41, 5.74) is 6.35. The first-order valence-electron chi connectivity index (χ1n) is 10.3. The van der Waals surface area contributed by atoms with Gasteiger partial charge in [-0.1, -0.05) is 60.7 Å². The van der Waals surface area contributed by atoms with Crippen LogP contribution in [0.5, 0.6) is 0 Å². The normalized spacial score (nSPS) is 11.4. The summed E-state index contributed by atoms with van der Waals surface area (Å²) in [6, 6.07) is 37.3. The van der Waals surface area contributed by atoms with Crippen LogP contribution < -0.4 is 0 Å². The van der Waals surface area contributed by atoms with E-state index in [1.165, 1.54) is 0 Å². The van der Waals surface area contributed by atoms with Crippen LogP contribution in [0.25, 0.3) is 33.4 Å². The molecule has 6 rings (SSSR count). The monoisotopic (exact) mass is 450 g/mol. The van der Waals surface area contributed by atoms with Crippen LogP contribution in [-0.2, 0) is 0 Å². The second-order valence-electron chi connectivity index (χ2n) is 7.27. The predicted molar refractivity (Wildman–Crippen MR) is 134 cm³/mol. The molecule has 2 aromatic heterocycles. The summed E-state index contributed by atoms with van der Waals surface area (Å²) < 4.78 is 4.42. The van der Waals surface area contributed by atoms with Gasteiger partial charge in [0.05, 0.1) is 22.1 Å². The molecule has 0 amide bonds. The number of para-hydroxylation sites is 6. The molecule has 0 atom stereocenters. The fourth-order valence-electron chi connectivity index (χ4n) is 3.85. The van der Waals surface area contributed by atoms with Crippen molar-refractivity contribution in [2.45, 2.75) is 10.3 Å². The van der Waals surface area contributed by atoms with Crippen LogP contribution in [0.3, 0.4) is 0 Å². The average Bonchev–Trinajstić information content (AvgIpc) is 3.41. The fourth-order valence-corrected chi connectivity index (χ4v) is 5.94. The molecule has 0 N–H and O–H groups in total. The van der Waals surface area contributed by atoms with Gasteiger partial charge in [-0.05, 0) is 70.1 Å². The van der Waals surface area contributed by atoms with E-state index in [1.54, 1.807) is 21.6 Å².